The van der Waals surface area contributed by atoms with Gasteiger partial charge in [-0.05, 0) is 74.7 Å². The third-order valence-electron chi connectivity index (χ3n) is 6.04. The Balaban J connectivity index is 1.63. The average molecular weight is 405 g/mol. The van der Waals surface area contributed by atoms with Crippen LogP contribution in [0.4, 0.5) is 5.69 Å². The second-order valence-corrected chi connectivity index (χ2v) is 7.97. The topological polar surface area (TPSA) is 68.8 Å². The molecule has 3 aromatic rings. The van der Waals surface area contributed by atoms with Crippen LogP contribution in [-0.4, -0.2) is 54.1 Å². The highest BCUT2D eigenvalue weighted by Crippen LogP contribution is 2.29. The van der Waals surface area contributed by atoms with Crippen LogP contribution in [0.3, 0.4) is 0 Å². The minimum absolute atomic E-state index is 0.317. The van der Waals surface area contributed by atoms with E-state index in [4.69, 9.17) is 4.74 Å². The summed E-state index contributed by atoms with van der Waals surface area (Å²) < 4.78 is 4.89. The molecule has 0 atom stereocenters. The van der Waals surface area contributed by atoms with Gasteiger partial charge in [-0.1, -0.05) is 12.1 Å². The molecule has 0 saturated carbocycles. The highest BCUT2D eigenvalue weighted by molar-refractivity contribution is 6.45. The lowest BCUT2D eigenvalue weighted by Crippen LogP contribution is -2.49. The van der Waals surface area contributed by atoms with Crippen LogP contribution in [0, 0.1) is 0 Å². The Morgan fingerprint density at radius 1 is 1.23 bits per heavy atom. The molecule has 30 heavy (non-hydrogen) atoms. The summed E-state index contributed by atoms with van der Waals surface area (Å²) in [5, 5.41) is 11.1. The zero-order chi connectivity index (χ0) is 21.1. The van der Waals surface area contributed by atoms with Gasteiger partial charge in [-0.2, -0.15) is 0 Å². The highest BCUT2D eigenvalue weighted by Gasteiger charge is 2.28. The number of H-pyrrole nitrogens is 1. The number of rotatable bonds is 6. The second kappa shape index (κ2) is 8.94. The molecule has 7 heteroatoms. The molecule has 1 saturated heterocycles. The van der Waals surface area contributed by atoms with Gasteiger partial charge in [0.1, 0.15) is 0 Å². The van der Waals surface area contributed by atoms with Crippen molar-refractivity contribution in [2.24, 2.45) is 0 Å². The molecule has 0 spiro atoms. The molecular formula is C23H28BN3O3. The molecule has 2 heterocycles. The van der Waals surface area contributed by atoms with Crippen LogP contribution in [0.15, 0.2) is 54.7 Å². The molecule has 0 radical (unpaired) electrons. The number of hydrogen-bond acceptors (Lipinski definition) is 5. The number of carbonyl (C=O) groups excluding carboxylic acids is 1. The molecule has 156 valence electrons. The van der Waals surface area contributed by atoms with Gasteiger partial charge in [0, 0.05) is 35.4 Å². The molecule has 1 aliphatic rings. The van der Waals surface area contributed by atoms with E-state index in [-0.39, 0.29) is 5.97 Å². The molecular weight excluding hydrogens is 377 g/mol. The Hall–Kier alpha value is -2.77. The maximum absolute atomic E-state index is 12.0. The van der Waals surface area contributed by atoms with E-state index in [9.17, 15) is 9.82 Å². The first-order valence-corrected chi connectivity index (χ1v) is 10.5. The van der Waals surface area contributed by atoms with Crippen molar-refractivity contribution in [2.75, 3.05) is 25.1 Å². The lowest BCUT2D eigenvalue weighted by atomic mass is 9.82. The van der Waals surface area contributed by atoms with E-state index in [1.54, 1.807) is 6.07 Å². The van der Waals surface area contributed by atoms with Crippen molar-refractivity contribution >= 4 is 29.6 Å². The summed E-state index contributed by atoms with van der Waals surface area (Å²) in [4.78, 5) is 19.8. The fourth-order valence-corrected chi connectivity index (χ4v) is 4.33. The Morgan fingerprint density at radius 2 is 2.03 bits per heavy atom. The Labute approximate surface area is 177 Å². The van der Waals surface area contributed by atoms with Crippen LogP contribution in [0.5, 0.6) is 0 Å². The molecule has 4 rings (SSSR count). The first-order chi connectivity index (χ1) is 14.5. The van der Waals surface area contributed by atoms with Crippen molar-refractivity contribution in [1.29, 1.82) is 0 Å². The molecule has 0 bridgehead atoms. The summed E-state index contributed by atoms with van der Waals surface area (Å²) in [5.74, 6) is -0.317. The van der Waals surface area contributed by atoms with Crippen molar-refractivity contribution in [3.05, 3.63) is 65.9 Å². The average Bonchev–Trinajstić information content (AvgIpc) is 3.25. The number of anilines is 1. The van der Waals surface area contributed by atoms with Gasteiger partial charge in [-0.3, -0.25) is 0 Å². The molecule has 0 unspecified atom stereocenters. The highest BCUT2D eigenvalue weighted by atomic mass is 16.5. The number of carbonyl (C=O) groups is 1. The van der Waals surface area contributed by atoms with Gasteiger partial charge in [0.05, 0.1) is 12.7 Å². The largest absolute Gasteiger partial charge is 0.465 e. The molecule has 2 N–H and O–H groups in total. The van der Waals surface area contributed by atoms with Crippen molar-refractivity contribution in [3.8, 4) is 0 Å². The fraction of sp³-hybridized carbons (Fsp3) is 0.348. The monoisotopic (exact) mass is 405 g/mol. The van der Waals surface area contributed by atoms with E-state index >= 15 is 0 Å². The summed E-state index contributed by atoms with van der Waals surface area (Å²) in [6.07, 6.45) is 3.92. The number of aromatic nitrogens is 1. The molecule has 0 aliphatic carbocycles. The van der Waals surface area contributed by atoms with Gasteiger partial charge in [-0.25, -0.2) is 4.79 Å². The van der Waals surface area contributed by atoms with Crippen LogP contribution in [0.25, 0.3) is 10.9 Å². The first-order valence-electron chi connectivity index (χ1n) is 10.5. The Bertz CT molecular complexity index is 1010. The number of nitrogens with one attached hydrogen (secondary N) is 1. The first kappa shape index (κ1) is 20.5. The van der Waals surface area contributed by atoms with E-state index in [2.05, 4.69) is 45.0 Å². The van der Waals surface area contributed by atoms with Crippen molar-refractivity contribution < 1.29 is 14.6 Å². The minimum Gasteiger partial charge on any atom is -0.465 e. The zero-order valence-corrected chi connectivity index (χ0v) is 17.5. The number of benzene rings is 2. The summed E-state index contributed by atoms with van der Waals surface area (Å²) in [6, 6.07) is 16.6. The molecule has 2 aromatic carbocycles. The number of methoxy groups -OCH3 is 1. The van der Waals surface area contributed by atoms with Gasteiger partial charge in [0.25, 0.3) is 0 Å². The van der Waals surface area contributed by atoms with E-state index in [1.165, 1.54) is 18.2 Å². The number of hydrogen-bond donors (Lipinski definition) is 2. The zero-order valence-electron chi connectivity index (χ0n) is 17.5. The van der Waals surface area contributed by atoms with Gasteiger partial charge >= 0.3 is 13.0 Å². The maximum Gasteiger partial charge on any atom is 0.376 e. The number of fused-ring (bicyclic) bond motifs is 1. The van der Waals surface area contributed by atoms with Crippen LogP contribution < -0.4 is 4.90 Å². The van der Waals surface area contributed by atoms with Crippen LogP contribution in [-0.2, 0) is 11.3 Å². The summed E-state index contributed by atoms with van der Waals surface area (Å²) >= 11 is 0. The van der Waals surface area contributed by atoms with Crippen molar-refractivity contribution in [3.63, 3.8) is 0 Å². The number of esters is 1. The van der Waals surface area contributed by atoms with Crippen molar-refractivity contribution in [2.45, 2.75) is 32.3 Å². The Morgan fingerprint density at radius 3 is 2.77 bits per heavy atom. The molecule has 1 aromatic heterocycles. The van der Waals surface area contributed by atoms with Crippen molar-refractivity contribution in [1.82, 2.24) is 9.79 Å². The van der Waals surface area contributed by atoms with Crippen LogP contribution in [0.1, 0.15) is 28.8 Å². The second-order valence-electron chi connectivity index (χ2n) is 7.97. The normalized spacial score (nSPS) is 15.3. The number of piperidine rings is 1. The van der Waals surface area contributed by atoms with Gasteiger partial charge in [0.2, 0.25) is 0 Å². The van der Waals surface area contributed by atoms with Gasteiger partial charge < -0.3 is 24.5 Å². The molecule has 0 amide bonds. The quantitative estimate of drug-likeness (QED) is 0.485. The van der Waals surface area contributed by atoms with E-state index < -0.39 is 7.05 Å². The fourth-order valence-electron chi connectivity index (χ4n) is 4.33. The summed E-state index contributed by atoms with van der Waals surface area (Å²) in [7, 11) is 0.996. The predicted molar refractivity (Wildman–Crippen MR) is 121 cm³/mol. The summed E-state index contributed by atoms with van der Waals surface area (Å²) in [6.45, 7) is 4.28. The SMILES string of the molecule is COC(=O)c1cccc(CN(c2ccc3[nH]ccc3c2)C2CCN(B(C)O)CC2)c1. The van der Waals surface area contributed by atoms with Crippen LogP contribution >= 0.6 is 0 Å². The third-order valence-corrected chi connectivity index (χ3v) is 6.04. The van der Waals surface area contributed by atoms with Gasteiger partial charge in [-0.15, -0.1) is 0 Å². The summed E-state index contributed by atoms with van der Waals surface area (Å²) in [5.41, 5.74) is 3.93. The lowest BCUT2D eigenvalue weighted by molar-refractivity contribution is 0.0600. The molecule has 6 nitrogen and oxygen atoms in total. The smallest absolute Gasteiger partial charge is 0.376 e. The lowest BCUT2D eigenvalue weighted by Gasteiger charge is -2.40. The number of nitrogens with zero attached hydrogens (tertiary/aromatic N) is 2. The molecule has 1 aliphatic heterocycles. The third kappa shape index (κ3) is 4.37. The van der Waals surface area contributed by atoms with E-state index in [0.717, 1.165) is 37.0 Å². The van der Waals surface area contributed by atoms with Crippen LogP contribution in [0.2, 0.25) is 6.82 Å². The van der Waals surface area contributed by atoms with E-state index in [0.29, 0.717) is 18.2 Å². The van der Waals surface area contributed by atoms with Gasteiger partial charge in [0.15, 0.2) is 0 Å². The maximum atomic E-state index is 12.0. The number of ether oxygens (including phenoxy) is 1. The minimum atomic E-state index is -0.410. The standard InChI is InChI=1S/C23H28BN3O3/c1-24(29)26-12-9-20(10-13-26)27(21-6-7-22-18(15-21)8-11-25-22)16-17-4-3-5-19(14-17)23(28)30-2/h3-8,11,14-15,20,25,29H,9-10,12-13,16H2,1-2H3. The number of aromatic amines is 1. The molecule has 1 fully saturated rings. The predicted octanol–water partition coefficient (Wildman–Crippen LogP) is 3.54. The Kier molecular flexibility index (Phi) is 6.11. The van der Waals surface area contributed by atoms with E-state index in [1.807, 2.05) is 25.2 Å².